The average Bonchev–Trinajstić information content (AvgIpc) is 3.43. The number of halogens is 1. The molecule has 3 aromatic carbocycles. The smallest absolute Gasteiger partial charge is 0.272 e. The van der Waals surface area contributed by atoms with Crippen LogP contribution in [0.5, 0.6) is 0 Å². The maximum Gasteiger partial charge on any atom is 0.272 e. The van der Waals surface area contributed by atoms with Crippen LogP contribution in [-0.2, 0) is 9.59 Å². The quantitative estimate of drug-likeness (QED) is 0.119. The number of thioether (sulfide) groups is 2. The second-order valence-corrected chi connectivity index (χ2v) is 12.0. The standard InChI is InChI=1S/C30H28FN5O3S3/c1-3-25(28(39)34-29-35-30(36-42-29)40-4-2)41-22-15-10-14-21(18-22)32-27(38)24(17-20-13-8-9-16-23(20)31)33-26(37)19-11-6-5-7-12-19/h5-18,25H,3-4H2,1-2H3,(H,32,38)(H,33,37)(H,34,35,36,39)/b24-17-. The van der Waals surface area contributed by atoms with Gasteiger partial charge in [-0.3, -0.25) is 19.7 Å². The Balaban J connectivity index is 1.48. The summed E-state index contributed by atoms with van der Waals surface area (Å²) in [5, 5.41) is 8.88. The largest absolute Gasteiger partial charge is 0.321 e. The highest BCUT2D eigenvalue weighted by molar-refractivity contribution is 8.00. The van der Waals surface area contributed by atoms with Crippen LogP contribution in [0.2, 0.25) is 0 Å². The molecule has 0 aliphatic rings. The van der Waals surface area contributed by atoms with Crippen molar-refractivity contribution in [3.63, 3.8) is 0 Å². The molecule has 12 heteroatoms. The summed E-state index contributed by atoms with van der Waals surface area (Å²) in [7, 11) is 0. The highest BCUT2D eigenvalue weighted by Gasteiger charge is 2.21. The van der Waals surface area contributed by atoms with E-state index in [0.717, 1.165) is 22.2 Å². The van der Waals surface area contributed by atoms with E-state index < -0.39 is 22.9 Å². The third-order valence-electron chi connectivity index (χ3n) is 5.68. The van der Waals surface area contributed by atoms with Crippen molar-refractivity contribution in [2.75, 3.05) is 16.4 Å². The highest BCUT2D eigenvalue weighted by Crippen LogP contribution is 2.29. The lowest BCUT2D eigenvalue weighted by Crippen LogP contribution is -2.30. The van der Waals surface area contributed by atoms with Crippen LogP contribution in [0.15, 0.2) is 94.6 Å². The zero-order valence-corrected chi connectivity index (χ0v) is 25.2. The Bertz CT molecular complexity index is 1580. The molecule has 0 aliphatic carbocycles. The molecule has 3 N–H and O–H groups in total. The first-order valence-corrected chi connectivity index (χ1v) is 15.7. The number of rotatable bonds is 12. The third-order valence-corrected chi connectivity index (χ3v) is 8.51. The van der Waals surface area contributed by atoms with Gasteiger partial charge in [0.05, 0.1) is 5.25 Å². The van der Waals surface area contributed by atoms with Crippen molar-refractivity contribution in [3.05, 3.63) is 102 Å². The maximum atomic E-state index is 14.4. The molecule has 42 heavy (non-hydrogen) atoms. The number of hydrogen-bond acceptors (Lipinski definition) is 8. The number of nitrogens with one attached hydrogen (secondary N) is 3. The van der Waals surface area contributed by atoms with Crippen molar-refractivity contribution in [3.8, 4) is 0 Å². The Hall–Kier alpha value is -4.00. The lowest BCUT2D eigenvalue weighted by Gasteiger charge is -2.15. The summed E-state index contributed by atoms with van der Waals surface area (Å²) in [5.41, 5.74) is 0.809. The molecule has 1 aromatic heterocycles. The van der Waals surface area contributed by atoms with Crippen molar-refractivity contribution in [1.82, 2.24) is 14.7 Å². The Kier molecular flexibility index (Phi) is 11.3. The summed E-state index contributed by atoms with van der Waals surface area (Å²) in [4.78, 5) is 44.2. The van der Waals surface area contributed by atoms with Gasteiger partial charge in [0.2, 0.25) is 16.2 Å². The van der Waals surface area contributed by atoms with E-state index >= 15 is 0 Å². The Morgan fingerprint density at radius 3 is 2.48 bits per heavy atom. The van der Waals surface area contributed by atoms with Gasteiger partial charge in [-0.05, 0) is 54.6 Å². The molecule has 1 heterocycles. The second-order valence-electron chi connectivity index (χ2n) is 8.70. The number of aromatic nitrogens is 2. The zero-order valence-electron chi connectivity index (χ0n) is 22.8. The van der Waals surface area contributed by atoms with Crippen molar-refractivity contribution < 1.29 is 18.8 Å². The number of carbonyl (C=O) groups is 3. The van der Waals surface area contributed by atoms with Crippen LogP contribution >= 0.6 is 35.1 Å². The van der Waals surface area contributed by atoms with E-state index in [2.05, 4.69) is 25.3 Å². The Morgan fingerprint density at radius 1 is 0.976 bits per heavy atom. The molecule has 0 saturated heterocycles. The van der Waals surface area contributed by atoms with Gasteiger partial charge in [0.15, 0.2) is 0 Å². The van der Waals surface area contributed by atoms with Crippen molar-refractivity contribution in [1.29, 1.82) is 0 Å². The number of hydrogen-bond donors (Lipinski definition) is 3. The van der Waals surface area contributed by atoms with E-state index in [9.17, 15) is 18.8 Å². The molecule has 0 radical (unpaired) electrons. The molecule has 1 atom stereocenters. The fourth-order valence-corrected chi connectivity index (χ4v) is 5.94. The van der Waals surface area contributed by atoms with Crippen LogP contribution in [0.3, 0.4) is 0 Å². The van der Waals surface area contributed by atoms with Gasteiger partial charge in [0.25, 0.3) is 11.8 Å². The third kappa shape index (κ3) is 8.75. The van der Waals surface area contributed by atoms with Crippen LogP contribution in [0, 0.1) is 5.82 Å². The minimum absolute atomic E-state index is 0.129. The SMILES string of the molecule is CCSc1nsc(NC(=O)C(CC)Sc2cccc(NC(=O)/C(=C/c3ccccc3F)NC(=O)c3ccccc3)c2)n1. The lowest BCUT2D eigenvalue weighted by molar-refractivity contribution is -0.116. The normalized spacial score (nSPS) is 11.9. The number of amides is 3. The molecule has 0 spiro atoms. The van der Waals surface area contributed by atoms with E-state index in [4.69, 9.17) is 0 Å². The summed E-state index contributed by atoms with van der Waals surface area (Å²) in [6.45, 7) is 3.92. The molecule has 4 rings (SSSR count). The zero-order chi connectivity index (χ0) is 29.9. The minimum Gasteiger partial charge on any atom is -0.321 e. The molecule has 1 unspecified atom stereocenters. The molecular weight excluding hydrogens is 594 g/mol. The predicted octanol–water partition coefficient (Wildman–Crippen LogP) is 6.71. The molecule has 0 bridgehead atoms. The van der Waals surface area contributed by atoms with Gasteiger partial charge in [-0.25, -0.2) is 4.39 Å². The molecule has 4 aromatic rings. The lowest BCUT2D eigenvalue weighted by atomic mass is 10.1. The Labute approximate surface area is 255 Å². The molecular formula is C30H28FN5O3S3. The monoisotopic (exact) mass is 621 g/mol. The topological polar surface area (TPSA) is 113 Å². The summed E-state index contributed by atoms with van der Waals surface area (Å²) in [5.74, 6) is -1.03. The number of benzene rings is 3. The van der Waals surface area contributed by atoms with E-state index in [1.54, 1.807) is 60.7 Å². The maximum absolute atomic E-state index is 14.4. The first-order valence-electron chi connectivity index (χ1n) is 13.0. The molecule has 0 aliphatic heterocycles. The predicted molar refractivity (Wildman–Crippen MR) is 168 cm³/mol. The van der Waals surface area contributed by atoms with Gasteiger partial charge in [0.1, 0.15) is 11.5 Å². The number of anilines is 2. The van der Waals surface area contributed by atoms with Crippen LogP contribution < -0.4 is 16.0 Å². The first kappa shape index (κ1) is 30.9. The second kappa shape index (κ2) is 15.3. The molecule has 8 nitrogen and oxygen atoms in total. The van der Waals surface area contributed by atoms with Crippen LogP contribution in [0.4, 0.5) is 15.2 Å². The van der Waals surface area contributed by atoms with E-state index in [0.29, 0.717) is 28.0 Å². The van der Waals surface area contributed by atoms with Crippen molar-refractivity contribution in [2.45, 2.75) is 35.6 Å². The average molecular weight is 622 g/mol. The number of nitrogens with zero attached hydrogens (tertiary/aromatic N) is 2. The van der Waals surface area contributed by atoms with E-state index in [1.807, 2.05) is 19.9 Å². The van der Waals surface area contributed by atoms with Gasteiger partial charge in [0, 0.05) is 33.2 Å². The molecule has 3 amide bonds. The summed E-state index contributed by atoms with van der Waals surface area (Å²) >= 11 is 3.99. The number of carbonyl (C=O) groups excluding carboxylic acids is 3. The van der Waals surface area contributed by atoms with E-state index in [-0.39, 0.29) is 17.2 Å². The highest BCUT2D eigenvalue weighted by atomic mass is 32.2. The molecule has 0 fully saturated rings. The summed E-state index contributed by atoms with van der Waals surface area (Å²) < 4.78 is 18.6. The summed E-state index contributed by atoms with van der Waals surface area (Å²) in [6, 6.07) is 21.4. The summed E-state index contributed by atoms with van der Waals surface area (Å²) in [6.07, 6.45) is 1.85. The first-order chi connectivity index (χ1) is 20.4. The van der Waals surface area contributed by atoms with Gasteiger partial charge in [-0.15, -0.1) is 11.8 Å². The minimum atomic E-state index is -0.633. The Morgan fingerprint density at radius 2 is 1.74 bits per heavy atom. The van der Waals surface area contributed by atoms with Crippen LogP contribution in [0.1, 0.15) is 36.2 Å². The van der Waals surface area contributed by atoms with Gasteiger partial charge in [-0.2, -0.15) is 9.36 Å². The molecule has 0 saturated carbocycles. The van der Waals surface area contributed by atoms with Gasteiger partial charge >= 0.3 is 0 Å². The van der Waals surface area contributed by atoms with Crippen molar-refractivity contribution >= 4 is 69.7 Å². The fourth-order valence-electron chi connectivity index (χ4n) is 3.66. The van der Waals surface area contributed by atoms with Gasteiger partial charge < -0.3 is 10.6 Å². The fraction of sp³-hybridized carbons (Fsp3) is 0.167. The van der Waals surface area contributed by atoms with Crippen molar-refractivity contribution in [2.24, 2.45) is 0 Å². The molecule has 216 valence electrons. The van der Waals surface area contributed by atoms with E-state index in [1.165, 1.54) is 41.7 Å². The van der Waals surface area contributed by atoms with Crippen LogP contribution in [0.25, 0.3) is 6.08 Å². The van der Waals surface area contributed by atoms with Crippen LogP contribution in [-0.4, -0.2) is 38.1 Å². The van der Waals surface area contributed by atoms with Gasteiger partial charge in [-0.1, -0.05) is 68.1 Å².